The normalized spacial score (nSPS) is 19.0. The molecule has 176 valence electrons. The first-order valence-corrected chi connectivity index (χ1v) is 12.1. The van der Waals surface area contributed by atoms with Gasteiger partial charge in [0.1, 0.15) is 0 Å². The van der Waals surface area contributed by atoms with Crippen molar-refractivity contribution >= 4 is 41.1 Å². The first-order valence-electron chi connectivity index (χ1n) is 11.4. The molecule has 6 nitrogen and oxygen atoms in total. The van der Waals surface area contributed by atoms with Crippen molar-refractivity contribution in [2.24, 2.45) is 5.92 Å². The van der Waals surface area contributed by atoms with Crippen molar-refractivity contribution in [3.05, 3.63) is 39.9 Å². The Morgan fingerprint density at radius 2 is 1.88 bits per heavy atom. The minimum absolute atomic E-state index is 0.0929. The van der Waals surface area contributed by atoms with E-state index in [4.69, 9.17) is 27.9 Å². The molecule has 0 aromatic heterocycles. The van der Waals surface area contributed by atoms with Crippen LogP contribution < -0.4 is 0 Å². The van der Waals surface area contributed by atoms with Gasteiger partial charge in [0.2, 0.25) is 11.8 Å². The number of amides is 2. The molecule has 0 bridgehead atoms. The molecule has 2 heterocycles. The highest BCUT2D eigenvalue weighted by Gasteiger charge is 2.23. The Morgan fingerprint density at radius 3 is 2.59 bits per heavy atom. The zero-order valence-electron chi connectivity index (χ0n) is 18.8. The molecule has 2 fully saturated rings. The number of ether oxygens (including phenoxy) is 1. The van der Waals surface area contributed by atoms with Gasteiger partial charge in [0, 0.05) is 52.4 Å². The van der Waals surface area contributed by atoms with Gasteiger partial charge in [-0.05, 0) is 68.6 Å². The molecular weight excluding hydrogens is 449 g/mol. The van der Waals surface area contributed by atoms with Crippen LogP contribution in [0.15, 0.2) is 24.3 Å². The van der Waals surface area contributed by atoms with E-state index in [0.29, 0.717) is 42.0 Å². The summed E-state index contributed by atoms with van der Waals surface area (Å²) in [5.74, 6) is 0.717. The number of likely N-dealkylation sites (tertiary alicyclic amines) is 1. The fourth-order valence-corrected chi connectivity index (χ4v) is 4.62. The third kappa shape index (κ3) is 7.48. The number of piperidine rings is 1. The highest BCUT2D eigenvalue weighted by atomic mass is 35.5. The van der Waals surface area contributed by atoms with Crippen LogP contribution in [0.3, 0.4) is 0 Å². The smallest absolute Gasteiger partial charge is 0.246 e. The predicted molar refractivity (Wildman–Crippen MR) is 129 cm³/mol. The second-order valence-electron chi connectivity index (χ2n) is 8.56. The van der Waals surface area contributed by atoms with Crippen LogP contribution in [0.2, 0.25) is 10.0 Å². The summed E-state index contributed by atoms with van der Waals surface area (Å²) in [7, 11) is 1.77. The summed E-state index contributed by atoms with van der Waals surface area (Å²) in [4.78, 5) is 31.3. The quantitative estimate of drug-likeness (QED) is 0.529. The fourth-order valence-electron chi connectivity index (χ4n) is 4.31. The second-order valence-corrected chi connectivity index (χ2v) is 9.37. The molecule has 1 aromatic rings. The Labute approximate surface area is 201 Å². The average Bonchev–Trinajstić information content (AvgIpc) is 2.97. The van der Waals surface area contributed by atoms with Gasteiger partial charge in [-0.25, -0.2) is 0 Å². The van der Waals surface area contributed by atoms with Crippen LogP contribution in [0.25, 0.3) is 6.08 Å². The molecule has 0 radical (unpaired) electrons. The van der Waals surface area contributed by atoms with E-state index in [1.54, 1.807) is 30.2 Å². The Morgan fingerprint density at radius 1 is 1.09 bits per heavy atom. The molecule has 0 N–H and O–H groups in total. The summed E-state index contributed by atoms with van der Waals surface area (Å²) in [6.07, 6.45) is 6.96. The first kappa shape index (κ1) is 25.0. The summed E-state index contributed by atoms with van der Waals surface area (Å²) >= 11 is 12.0. The number of nitrogens with zero attached hydrogens (tertiary/aromatic N) is 3. The average molecular weight is 482 g/mol. The summed E-state index contributed by atoms with van der Waals surface area (Å²) in [6, 6.07) is 5.24. The van der Waals surface area contributed by atoms with Crippen LogP contribution in [0.1, 0.15) is 31.2 Å². The zero-order valence-corrected chi connectivity index (χ0v) is 20.3. The van der Waals surface area contributed by atoms with Gasteiger partial charge in [-0.3, -0.25) is 9.59 Å². The van der Waals surface area contributed by atoms with E-state index in [1.807, 2.05) is 11.0 Å². The van der Waals surface area contributed by atoms with Crippen LogP contribution in [0.4, 0.5) is 0 Å². The Hall–Kier alpha value is -1.60. The van der Waals surface area contributed by atoms with Crippen molar-refractivity contribution in [1.82, 2.24) is 14.7 Å². The molecule has 0 spiro atoms. The molecule has 0 saturated carbocycles. The topological polar surface area (TPSA) is 53.1 Å². The maximum absolute atomic E-state index is 12.6. The van der Waals surface area contributed by atoms with Gasteiger partial charge >= 0.3 is 0 Å². The van der Waals surface area contributed by atoms with E-state index < -0.39 is 0 Å². The SMILES string of the molecule is COCC1CCN(CCCN2CCN(C(=O)C=Cc3ccc(Cl)c(Cl)c3)CCC2=O)CC1. The molecule has 2 aliphatic rings. The van der Waals surface area contributed by atoms with Gasteiger partial charge in [-0.15, -0.1) is 0 Å². The van der Waals surface area contributed by atoms with Crippen molar-refractivity contribution in [3.8, 4) is 0 Å². The van der Waals surface area contributed by atoms with Crippen molar-refractivity contribution in [3.63, 3.8) is 0 Å². The number of rotatable bonds is 8. The number of methoxy groups -OCH3 is 1. The molecule has 2 aliphatic heterocycles. The molecule has 0 atom stereocenters. The lowest BCUT2D eigenvalue weighted by molar-refractivity contribution is -0.130. The third-order valence-electron chi connectivity index (χ3n) is 6.27. The molecular formula is C24H33Cl2N3O3. The largest absolute Gasteiger partial charge is 0.384 e. The van der Waals surface area contributed by atoms with E-state index in [9.17, 15) is 9.59 Å². The zero-order chi connectivity index (χ0) is 22.9. The minimum atomic E-state index is -0.0929. The minimum Gasteiger partial charge on any atom is -0.384 e. The van der Waals surface area contributed by atoms with Crippen LogP contribution in [0.5, 0.6) is 0 Å². The van der Waals surface area contributed by atoms with E-state index in [2.05, 4.69) is 4.90 Å². The van der Waals surface area contributed by atoms with Crippen LogP contribution in [-0.4, -0.2) is 86.0 Å². The van der Waals surface area contributed by atoms with Crippen molar-refractivity contribution < 1.29 is 14.3 Å². The van der Waals surface area contributed by atoms with E-state index >= 15 is 0 Å². The lowest BCUT2D eigenvalue weighted by Crippen LogP contribution is -2.39. The van der Waals surface area contributed by atoms with Gasteiger partial charge in [-0.2, -0.15) is 0 Å². The Kier molecular flexibility index (Phi) is 9.85. The maximum Gasteiger partial charge on any atom is 0.246 e. The molecule has 2 saturated heterocycles. The molecule has 2 amide bonds. The monoisotopic (exact) mass is 481 g/mol. The standard InChI is InChI=1S/C24H33Cl2N3O3/c1-32-18-20-7-12-27(13-8-20)10-2-11-28-15-16-29(14-9-24(28)31)23(30)6-4-19-3-5-21(25)22(26)17-19/h3-6,17,20H,2,7-16,18H2,1H3. The molecule has 1 aromatic carbocycles. The Bertz CT molecular complexity index is 810. The number of hydrogen-bond acceptors (Lipinski definition) is 4. The summed E-state index contributed by atoms with van der Waals surface area (Å²) < 4.78 is 5.27. The van der Waals surface area contributed by atoms with E-state index in [-0.39, 0.29) is 11.8 Å². The van der Waals surface area contributed by atoms with Crippen LogP contribution in [-0.2, 0) is 14.3 Å². The lowest BCUT2D eigenvalue weighted by atomic mass is 9.98. The fraction of sp³-hybridized carbons (Fsp3) is 0.583. The van der Waals surface area contributed by atoms with Gasteiger partial charge < -0.3 is 19.4 Å². The van der Waals surface area contributed by atoms with E-state index in [1.165, 1.54) is 18.9 Å². The third-order valence-corrected chi connectivity index (χ3v) is 7.01. The van der Waals surface area contributed by atoms with Crippen molar-refractivity contribution in [2.45, 2.75) is 25.7 Å². The highest BCUT2D eigenvalue weighted by Crippen LogP contribution is 2.23. The molecule has 8 heteroatoms. The Balaban J connectivity index is 1.41. The van der Waals surface area contributed by atoms with Gasteiger partial charge in [-0.1, -0.05) is 29.3 Å². The van der Waals surface area contributed by atoms with Crippen LogP contribution in [0, 0.1) is 5.92 Å². The number of carbonyl (C=O) groups excluding carboxylic acids is 2. The number of carbonyl (C=O) groups is 2. The molecule has 32 heavy (non-hydrogen) atoms. The molecule has 0 aliphatic carbocycles. The predicted octanol–water partition coefficient (Wildman–Crippen LogP) is 3.82. The van der Waals surface area contributed by atoms with Gasteiger partial charge in [0.05, 0.1) is 10.0 Å². The van der Waals surface area contributed by atoms with Crippen molar-refractivity contribution in [1.29, 1.82) is 0 Å². The van der Waals surface area contributed by atoms with Crippen LogP contribution >= 0.6 is 23.2 Å². The lowest BCUT2D eigenvalue weighted by Gasteiger charge is -2.32. The summed E-state index contributed by atoms with van der Waals surface area (Å²) in [5.41, 5.74) is 0.812. The number of halogens is 2. The van der Waals surface area contributed by atoms with Gasteiger partial charge in [0.25, 0.3) is 0 Å². The van der Waals surface area contributed by atoms with E-state index in [0.717, 1.165) is 44.8 Å². The molecule has 0 unspecified atom stereocenters. The first-order chi connectivity index (χ1) is 15.5. The van der Waals surface area contributed by atoms with Gasteiger partial charge in [0.15, 0.2) is 0 Å². The number of hydrogen-bond donors (Lipinski definition) is 0. The maximum atomic E-state index is 12.6. The highest BCUT2D eigenvalue weighted by molar-refractivity contribution is 6.42. The summed E-state index contributed by atoms with van der Waals surface area (Å²) in [5, 5.41) is 0.938. The number of benzene rings is 1. The molecule has 3 rings (SSSR count). The summed E-state index contributed by atoms with van der Waals surface area (Å²) in [6.45, 7) is 6.42. The van der Waals surface area contributed by atoms with Crippen molar-refractivity contribution in [2.75, 3.05) is 59.5 Å². The second kappa shape index (κ2) is 12.6.